The number of nitrogens with one attached hydrogen (secondary N) is 3. The van der Waals surface area contributed by atoms with E-state index in [9.17, 15) is 27.7 Å². The highest BCUT2D eigenvalue weighted by Crippen LogP contribution is 2.40. The summed E-state index contributed by atoms with van der Waals surface area (Å²) in [6.07, 6.45) is 0.733. The van der Waals surface area contributed by atoms with Crippen LogP contribution in [0.2, 0.25) is 0 Å². The van der Waals surface area contributed by atoms with E-state index < -0.39 is 14.9 Å². The Kier molecular flexibility index (Phi) is 14.8. The fraction of sp³-hybridized carbons (Fsp3) is 0.300. The minimum absolute atomic E-state index is 0.127. The number of benzene rings is 5. The highest BCUT2D eigenvalue weighted by atomic mass is 32.2. The average Bonchev–Trinajstić information content (AvgIpc) is 3.62. The average molecular weight is 947 g/mol. The molecule has 0 saturated carbocycles. The van der Waals surface area contributed by atoms with E-state index in [2.05, 4.69) is 42.2 Å². The summed E-state index contributed by atoms with van der Waals surface area (Å²) in [6.45, 7) is 8.55. The van der Waals surface area contributed by atoms with E-state index in [1.807, 2.05) is 73.1 Å². The number of thioether (sulfide) groups is 1. The van der Waals surface area contributed by atoms with E-state index >= 15 is 0 Å². The molecule has 350 valence electrons. The number of piperazine rings is 1. The van der Waals surface area contributed by atoms with Crippen LogP contribution in [0.3, 0.4) is 0 Å². The number of carbonyl (C=O) groups is 1. The van der Waals surface area contributed by atoms with E-state index in [4.69, 9.17) is 4.74 Å². The van der Waals surface area contributed by atoms with Crippen molar-refractivity contribution in [2.45, 2.75) is 29.2 Å². The third-order valence-electron chi connectivity index (χ3n) is 12.5. The predicted octanol–water partition coefficient (Wildman–Crippen LogP) is 8.50. The maximum absolute atomic E-state index is 14.0. The topological polar surface area (TPSA) is 154 Å². The number of nitrogens with zero attached hydrogens (tertiary/aromatic N) is 5. The summed E-state index contributed by atoms with van der Waals surface area (Å²) in [5, 5.41) is 18.6. The second-order valence-electron chi connectivity index (χ2n) is 16.6. The number of hydrogen-bond donors (Lipinski definition) is 3. The van der Waals surface area contributed by atoms with Crippen molar-refractivity contribution in [2.24, 2.45) is 7.05 Å². The monoisotopic (exact) mass is 946 g/mol. The number of ether oxygens (including phenoxy) is 1. The molecule has 14 nitrogen and oxygen atoms in total. The van der Waals surface area contributed by atoms with Crippen molar-refractivity contribution in [3.63, 3.8) is 0 Å². The van der Waals surface area contributed by atoms with Gasteiger partial charge in [0.2, 0.25) is 0 Å². The molecule has 67 heavy (non-hydrogen) atoms. The summed E-state index contributed by atoms with van der Waals surface area (Å²) in [5.41, 5.74) is 6.85. The molecule has 2 saturated heterocycles. The van der Waals surface area contributed by atoms with Crippen LogP contribution in [0.5, 0.6) is 0 Å². The van der Waals surface area contributed by atoms with Crippen molar-refractivity contribution < 1.29 is 27.3 Å². The van der Waals surface area contributed by atoms with Gasteiger partial charge >= 0.3 is 0 Å². The molecule has 8 rings (SSSR count). The Morgan fingerprint density at radius 2 is 1.52 bits per heavy atom. The number of nitro groups is 1. The van der Waals surface area contributed by atoms with Gasteiger partial charge < -0.3 is 29.7 Å². The standard InChI is InChI=1S/C50H55FN8O6S2/c1-35-47(50(60)52-2)48(49(55(35)3)36-12-14-38(51)15-13-36)37-8-7-9-42(32-37)58-26-24-57(25-27-58)41-18-16-39(17-19-41)54-67(63,64)44-20-21-45(46(33-44)59(61)62)53-40(22-23-56-28-30-65-31-29-56)34-66-43-10-5-4-6-11-43/h4-21,32-33,40,53-54H,22-31,34H2,1-3H3,(H,52,60). The Balaban J connectivity index is 0.923. The number of anilines is 4. The van der Waals surface area contributed by atoms with Crippen LogP contribution < -0.4 is 25.2 Å². The van der Waals surface area contributed by atoms with Crippen LogP contribution in [0.4, 0.5) is 32.8 Å². The number of hydrogen-bond acceptors (Lipinski definition) is 11. The Bertz CT molecular complexity index is 2800. The SMILES string of the molecule is CNC(=O)c1c(-c2cccc(N3CCN(c4ccc(NS(=O)(=O)c5ccc(NC(CCN6CCOCC6)CSc6ccccc6)c([N+](=O)[O-])c5)cc4)CC3)c2)c(-c2ccc(F)cc2)n(C)c1C. The second-order valence-corrected chi connectivity index (χ2v) is 19.4. The number of morpholine rings is 1. The molecule has 0 radical (unpaired) electrons. The summed E-state index contributed by atoms with van der Waals surface area (Å²) < 4.78 is 51.4. The molecule has 2 aliphatic heterocycles. The summed E-state index contributed by atoms with van der Waals surface area (Å²) >= 11 is 1.66. The lowest BCUT2D eigenvalue weighted by Crippen LogP contribution is -2.46. The van der Waals surface area contributed by atoms with Crippen LogP contribution in [0, 0.1) is 22.9 Å². The summed E-state index contributed by atoms with van der Waals surface area (Å²) in [5.74, 6) is 0.124. The number of halogens is 1. The molecule has 0 bridgehead atoms. The van der Waals surface area contributed by atoms with Gasteiger partial charge in [-0.3, -0.25) is 24.5 Å². The van der Waals surface area contributed by atoms with Crippen molar-refractivity contribution in [2.75, 3.05) is 91.7 Å². The zero-order valence-electron chi connectivity index (χ0n) is 37.8. The lowest BCUT2D eigenvalue weighted by atomic mass is 9.96. The number of nitro benzene ring substituents is 1. The molecular weight excluding hydrogens is 892 g/mol. The largest absolute Gasteiger partial charge is 0.379 e. The third-order valence-corrected chi connectivity index (χ3v) is 15.0. The fourth-order valence-electron chi connectivity index (χ4n) is 8.71. The van der Waals surface area contributed by atoms with Gasteiger partial charge in [-0.1, -0.05) is 30.3 Å². The van der Waals surface area contributed by atoms with Gasteiger partial charge in [0.25, 0.3) is 21.6 Å². The van der Waals surface area contributed by atoms with Crippen LogP contribution in [0.1, 0.15) is 22.5 Å². The summed E-state index contributed by atoms with van der Waals surface area (Å²) in [6, 6.07) is 35.4. The highest BCUT2D eigenvalue weighted by molar-refractivity contribution is 7.99. The first-order valence-electron chi connectivity index (χ1n) is 22.3. The molecule has 17 heteroatoms. The van der Waals surface area contributed by atoms with E-state index in [1.54, 1.807) is 43.1 Å². The molecule has 0 spiro atoms. The molecule has 1 aromatic heterocycles. The van der Waals surface area contributed by atoms with E-state index in [1.165, 1.54) is 24.3 Å². The zero-order chi connectivity index (χ0) is 47.1. The van der Waals surface area contributed by atoms with Crippen molar-refractivity contribution in [1.29, 1.82) is 0 Å². The highest BCUT2D eigenvalue weighted by Gasteiger charge is 2.28. The minimum atomic E-state index is -4.18. The van der Waals surface area contributed by atoms with Crippen LogP contribution in [-0.2, 0) is 21.8 Å². The quantitative estimate of drug-likeness (QED) is 0.0458. The molecule has 2 fully saturated rings. The summed E-state index contributed by atoms with van der Waals surface area (Å²) in [4.78, 5) is 32.9. The first-order chi connectivity index (χ1) is 32.4. The first-order valence-corrected chi connectivity index (χ1v) is 24.8. The Hall–Kier alpha value is -6.40. The van der Waals surface area contributed by atoms with Gasteiger partial charge in [0.05, 0.1) is 34.3 Å². The van der Waals surface area contributed by atoms with E-state index in [-0.39, 0.29) is 34.0 Å². The Labute approximate surface area is 395 Å². The normalized spacial score (nSPS) is 15.0. The number of amides is 1. The molecule has 2 aliphatic rings. The maximum atomic E-state index is 14.0. The molecule has 3 N–H and O–H groups in total. The van der Waals surface area contributed by atoms with Crippen LogP contribution in [0.15, 0.2) is 131 Å². The molecule has 1 amide bonds. The molecule has 3 heterocycles. The first kappa shape index (κ1) is 47.1. The Morgan fingerprint density at radius 1 is 0.836 bits per heavy atom. The van der Waals surface area contributed by atoms with Crippen molar-refractivity contribution in [3.8, 4) is 22.4 Å². The van der Waals surface area contributed by atoms with Crippen LogP contribution in [-0.4, -0.2) is 107 Å². The van der Waals surface area contributed by atoms with Gasteiger partial charge in [-0.2, -0.15) is 0 Å². The van der Waals surface area contributed by atoms with Crippen LogP contribution >= 0.6 is 11.8 Å². The predicted molar refractivity (Wildman–Crippen MR) is 266 cm³/mol. The number of carbonyl (C=O) groups excluding carboxylic acids is 1. The van der Waals surface area contributed by atoms with Crippen molar-refractivity contribution in [1.82, 2.24) is 14.8 Å². The minimum Gasteiger partial charge on any atom is -0.379 e. The molecule has 6 aromatic rings. The lowest BCUT2D eigenvalue weighted by molar-refractivity contribution is -0.384. The lowest BCUT2D eigenvalue weighted by Gasteiger charge is -2.37. The molecule has 1 atom stereocenters. The van der Waals surface area contributed by atoms with Gasteiger partial charge in [-0.15, -0.1) is 11.8 Å². The van der Waals surface area contributed by atoms with Crippen molar-refractivity contribution >= 4 is 56.1 Å². The molecule has 1 unspecified atom stereocenters. The number of rotatable bonds is 17. The number of sulfonamides is 1. The van der Waals surface area contributed by atoms with Gasteiger partial charge in [-0.25, -0.2) is 12.8 Å². The van der Waals surface area contributed by atoms with E-state index in [0.717, 1.165) is 76.5 Å². The third kappa shape index (κ3) is 11.1. The number of aromatic nitrogens is 1. The van der Waals surface area contributed by atoms with Crippen LogP contribution in [0.25, 0.3) is 22.4 Å². The van der Waals surface area contributed by atoms with Crippen molar-refractivity contribution in [3.05, 3.63) is 149 Å². The van der Waals surface area contributed by atoms with Gasteiger partial charge in [0.1, 0.15) is 11.5 Å². The molecule has 0 aliphatic carbocycles. The molecule has 5 aromatic carbocycles. The van der Waals surface area contributed by atoms with Gasteiger partial charge in [0.15, 0.2) is 0 Å². The smallest absolute Gasteiger partial charge is 0.293 e. The van der Waals surface area contributed by atoms with Gasteiger partial charge in [0, 0.05) is 111 Å². The zero-order valence-corrected chi connectivity index (χ0v) is 39.4. The second kappa shape index (κ2) is 21.1. The van der Waals surface area contributed by atoms with E-state index in [0.29, 0.717) is 56.4 Å². The maximum Gasteiger partial charge on any atom is 0.293 e. The summed E-state index contributed by atoms with van der Waals surface area (Å²) in [7, 11) is -0.651. The molecular formula is C50H55FN8O6S2. The Morgan fingerprint density at radius 3 is 2.19 bits per heavy atom. The fourth-order valence-corrected chi connectivity index (χ4v) is 10.8. The van der Waals surface area contributed by atoms with Gasteiger partial charge in [-0.05, 0) is 109 Å².